The standard InChI is InChI=1S/C13H21ClN5O12P3/c1-13(4-29-33(25,26)31-34(27,28)30-32(22,23)24)3-6(8(20)9(13)21)19-5-16-7-10(15-2)17-12(14)18-11(7)19/h5-6,8-9,20-21H,3-4H2,1-2H3,(H,25,26)(H,27,28)(H,15,17,18)(H2,22,23,24)/t6-,8+,9+,13-/m1/s1. The van der Waals surface area contributed by atoms with Gasteiger partial charge in [0.25, 0.3) is 0 Å². The maximum absolute atomic E-state index is 12.0. The average Bonchev–Trinajstić information content (AvgIpc) is 3.18. The predicted molar refractivity (Wildman–Crippen MR) is 113 cm³/mol. The van der Waals surface area contributed by atoms with Crippen molar-refractivity contribution in [2.45, 2.75) is 31.6 Å². The van der Waals surface area contributed by atoms with E-state index < -0.39 is 53.7 Å². The third-order valence-corrected chi connectivity index (χ3v) is 9.02. The Bertz CT molecular complexity index is 1220. The van der Waals surface area contributed by atoms with E-state index in [1.807, 2.05) is 0 Å². The molecule has 2 unspecified atom stereocenters. The molecule has 1 aliphatic carbocycles. The van der Waals surface area contributed by atoms with Crippen molar-refractivity contribution in [1.82, 2.24) is 19.5 Å². The number of aliphatic hydroxyl groups is 2. The Balaban J connectivity index is 1.80. The van der Waals surface area contributed by atoms with Crippen LogP contribution in [-0.4, -0.2) is 75.2 Å². The molecule has 0 spiro atoms. The molecule has 2 aromatic heterocycles. The summed E-state index contributed by atoms with van der Waals surface area (Å²) in [5.74, 6) is 0.317. The van der Waals surface area contributed by atoms with Gasteiger partial charge in [-0.15, -0.1) is 0 Å². The first-order chi connectivity index (χ1) is 15.5. The quantitative estimate of drug-likeness (QED) is 0.161. The van der Waals surface area contributed by atoms with E-state index in [1.54, 1.807) is 7.05 Å². The van der Waals surface area contributed by atoms with Gasteiger partial charge in [0.15, 0.2) is 17.0 Å². The molecule has 2 heterocycles. The minimum absolute atomic E-state index is 0.0624. The summed E-state index contributed by atoms with van der Waals surface area (Å²) in [4.78, 5) is 48.4. The zero-order chi connectivity index (χ0) is 25.7. The van der Waals surface area contributed by atoms with Crippen molar-refractivity contribution in [2.75, 3.05) is 19.0 Å². The Labute approximate surface area is 196 Å². The molecule has 0 saturated heterocycles. The molecular formula is C13H21ClN5O12P3. The normalized spacial score (nSPS) is 29.1. The molecule has 1 fully saturated rings. The Morgan fingerprint density at radius 2 is 1.82 bits per heavy atom. The molecule has 0 radical (unpaired) electrons. The predicted octanol–water partition coefficient (Wildman–Crippen LogP) is 0.538. The second-order valence-electron chi connectivity index (χ2n) is 7.64. The van der Waals surface area contributed by atoms with Gasteiger partial charge in [0.1, 0.15) is 6.10 Å². The first kappa shape index (κ1) is 27.6. The molecule has 1 saturated carbocycles. The number of hydrogen-bond acceptors (Lipinski definition) is 12. The summed E-state index contributed by atoms with van der Waals surface area (Å²) in [7, 11) is -15.1. The number of imidazole rings is 1. The van der Waals surface area contributed by atoms with Gasteiger partial charge >= 0.3 is 23.5 Å². The van der Waals surface area contributed by atoms with Crippen LogP contribution in [0.15, 0.2) is 6.33 Å². The molecule has 6 atom stereocenters. The van der Waals surface area contributed by atoms with Crippen LogP contribution in [0.4, 0.5) is 5.82 Å². The number of aliphatic hydroxyl groups excluding tert-OH is 2. The van der Waals surface area contributed by atoms with Gasteiger partial charge in [-0.3, -0.25) is 4.52 Å². The van der Waals surface area contributed by atoms with E-state index in [-0.39, 0.29) is 17.4 Å². The highest BCUT2D eigenvalue weighted by molar-refractivity contribution is 7.66. The van der Waals surface area contributed by atoms with Crippen molar-refractivity contribution in [3.63, 3.8) is 0 Å². The Morgan fingerprint density at radius 3 is 2.41 bits per heavy atom. The van der Waals surface area contributed by atoms with Gasteiger partial charge in [0.05, 0.1) is 25.1 Å². The van der Waals surface area contributed by atoms with E-state index in [1.165, 1.54) is 17.8 Å². The second-order valence-corrected chi connectivity index (χ2v) is 12.4. The van der Waals surface area contributed by atoms with Crippen LogP contribution in [0.1, 0.15) is 19.4 Å². The molecule has 192 valence electrons. The molecule has 0 aromatic carbocycles. The van der Waals surface area contributed by atoms with Gasteiger partial charge in [-0.05, 0) is 18.0 Å². The lowest BCUT2D eigenvalue weighted by Gasteiger charge is -2.28. The minimum atomic E-state index is -5.70. The van der Waals surface area contributed by atoms with E-state index in [0.717, 1.165) is 0 Å². The lowest BCUT2D eigenvalue weighted by atomic mass is 9.87. The van der Waals surface area contributed by atoms with Crippen LogP contribution in [-0.2, 0) is 26.8 Å². The molecule has 0 bridgehead atoms. The molecule has 0 amide bonds. The number of nitrogens with one attached hydrogen (secondary N) is 1. The number of nitrogens with zero attached hydrogens (tertiary/aromatic N) is 4. The average molecular weight is 568 g/mol. The number of hydrogen-bond donors (Lipinski definition) is 7. The number of phosphoric ester groups is 1. The number of anilines is 1. The van der Waals surface area contributed by atoms with Crippen LogP contribution in [0.5, 0.6) is 0 Å². The van der Waals surface area contributed by atoms with E-state index in [2.05, 4.69) is 33.4 Å². The fourth-order valence-electron chi connectivity index (χ4n) is 3.59. The van der Waals surface area contributed by atoms with Crippen LogP contribution < -0.4 is 5.32 Å². The maximum atomic E-state index is 12.0. The van der Waals surface area contributed by atoms with Gasteiger partial charge in [-0.1, -0.05) is 6.92 Å². The number of phosphoric acid groups is 3. The van der Waals surface area contributed by atoms with Crippen molar-refractivity contribution >= 4 is 52.1 Å². The number of rotatable bonds is 9. The van der Waals surface area contributed by atoms with Crippen molar-refractivity contribution in [3.05, 3.63) is 11.6 Å². The molecular weight excluding hydrogens is 547 g/mol. The fourth-order valence-corrected chi connectivity index (χ4v) is 6.91. The number of fused-ring (bicyclic) bond motifs is 1. The lowest BCUT2D eigenvalue weighted by molar-refractivity contribution is -0.0397. The highest BCUT2D eigenvalue weighted by Gasteiger charge is 2.52. The third kappa shape index (κ3) is 6.02. The van der Waals surface area contributed by atoms with Crippen LogP contribution in [0.2, 0.25) is 5.28 Å². The summed E-state index contributed by atoms with van der Waals surface area (Å²) in [6, 6.07) is -0.856. The van der Waals surface area contributed by atoms with Gasteiger partial charge in [-0.2, -0.15) is 18.6 Å². The van der Waals surface area contributed by atoms with Crippen LogP contribution in [0.3, 0.4) is 0 Å². The van der Waals surface area contributed by atoms with E-state index >= 15 is 0 Å². The summed E-state index contributed by atoms with van der Waals surface area (Å²) in [6.45, 7) is 0.612. The smallest absolute Gasteiger partial charge is 0.390 e. The van der Waals surface area contributed by atoms with Crippen LogP contribution >= 0.6 is 35.1 Å². The highest BCUT2D eigenvalue weighted by Crippen LogP contribution is 2.66. The summed E-state index contributed by atoms with van der Waals surface area (Å²) >= 11 is 5.94. The van der Waals surface area contributed by atoms with Gasteiger partial charge in [0.2, 0.25) is 5.28 Å². The monoisotopic (exact) mass is 567 g/mol. The van der Waals surface area contributed by atoms with Gasteiger partial charge in [-0.25, -0.2) is 18.7 Å². The zero-order valence-electron chi connectivity index (χ0n) is 17.4. The van der Waals surface area contributed by atoms with Crippen molar-refractivity contribution < 1.29 is 56.6 Å². The minimum Gasteiger partial charge on any atom is -0.390 e. The Hall–Kier alpha value is -1.03. The largest absolute Gasteiger partial charge is 0.490 e. The molecule has 34 heavy (non-hydrogen) atoms. The van der Waals surface area contributed by atoms with Gasteiger partial charge < -0.3 is 39.7 Å². The zero-order valence-corrected chi connectivity index (χ0v) is 20.8. The molecule has 0 aliphatic heterocycles. The summed E-state index contributed by atoms with van der Waals surface area (Å²) in [5, 5.41) is 24.0. The van der Waals surface area contributed by atoms with Crippen molar-refractivity contribution in [2.24, 2.45) is 5.41 Å². The van der Waals surface area contributed by atoms with Crippen LogP contribution in [0, 0.1) is 5.41 Å². The fraction of sp³-hybridized carbons (Fsp3) is 0.615. The molecule has 2 aromatic rings. The van der Waals surface area contributed by atoms with E-state index in [9.17, 15) is 33.7 Å². The summed E-state index contributed by atoms with van der Waals surface area (Å²) in [5.41, 5.74) is -0.845. The SMILES string of the molecule is CNc1nc(Cl)nc2c1ncn2[C@@H]1C[C@](C)(COP(=O)(O)OP(=O)(O)OP(=O)(O)O)[C@@H](O)[C@H]1O. The molecule has 17 nitrogen and oxygen atoms in total. The number of halogens is 1. The van der Waals surface area contributed by atoms with E-state index in [0.29, 0.717) is 11.3 Å². The molecule has 3 rings (SSSR count). The van der Waals surface area contributed by atoms with E-state index in [4.69, 9.17) is 21.4 Å². The highest BCUT2D eigenvalue weighted by atomic mass is 35.5. The van der Waals surface area contributed by atoms with Gasteiger partial charge in [0, 0.05) is 12.5 Å². The molecule has 21 heteroatoms. The topological polar surface area (TPSA) is 256 Å². The third-order valence-electron chi connectivity index (χ3n) is 5.07. The summed E-state index contributed by atoms with van der Waals surface area (Å²) < 4.78 is 47.7. The molecule has 1 aliphatic rings. The van der Waals surface area contributed by atoms with Crippen molar-refractivity contribution in [3.8, 4) is 0 Å². The summed E-state index contributed by atoms with van der Waals surface area (Å²) in [6.07, 6.45) is -1.68. The second kappa shape index (κ2) is 9.45. The first-order valence-electron chi connectivity index (χ1n) is 9.19. The Morgan fingerprint density at radius 1 is 1.18 bits per heavy atom. The van der Waals surface area contributed by atoms with Crippen LogP contribution in [0.25, 0.3) is 11.2 Å². The number of aromatic nitrogens is 4. The maximum Gasteiger partial charge on any atom is 0.490 e. The Kier molecular flexibility index (Phi) is 7.66. The lowest BCUT2D eigenvalue weighted by Crippen LogP contribution is -2.37. The van der Waals surface area contributed by atoms with Crippen molar-refractivity contribution in [1.29, 1.82) is 0 Å². The first-order valence-corrected chi connectivity index (χ1v) is 14.1. The molecule has 7 N–H and O–H groups in total.